The molecule has 0 fully saturated rings. The Hall–Kier alpha value is -0.270. The van der Waals surface area contributed by atoms with E-state index in [1.807, 2.05) is 0 Å². The van der Waals surface area contributed by atoms with Crippen LogP contribution in [0, 0.1) is 0 Å². The van der Waals surface area contributed by atoms with Gasteiger partial charge in [-0.3, -0.25) is 0 Å². The number of halogens is 4. The van der Waals surface area contributed by atoms with Crippen LogP contribution >= 0.6 is 26.6 Å². The van der Waals surface area contributed by atoms with Crippen molar-refractivity contribution in [1.82, 2.24) is 4.98 Å². The van der Waals surface area contributed by atoms with Crippen molar-refractivity contribution in [1.29, 1.82) is 0 Å². The molecule has 8 heteroatoms. The molecule has 3 nitrogen and oxygen atoms in total. The summed E-state index contributed by atoms with van der Waals surface area (Å²) in [7, 11) is 0.757. The van der Waals surface area contributed by atoms with Crippen LogP contribution in [0.15, 0.2) is 21.6 Å². The van der Waals surface area contributed by atoms with Gasteiger partial charge in [-0.05, 0) is 28.1 Å². The molecule has 0 aromatic carbocycles. The average molecular weight is 307 g/mol. The fourth-order valence-electron chi connectivity index (χ4n) is 0.800. The first-order chi connectivity index (χ1) is 6.32. The summed E-state index contributed by atoms with van der Waals surface area (Å²) < 4.78 is 46.5. The molecule has 0 spiro atoms. The van der Waals surface area contributed by atoms with Gasteiger partial charge in [-0.15, -0.1) is 0 Å². The molecule has 0 unspecified atom stereocenters. The Balaban J connectivity index is 3.45. The zero-order valence-corrected chi connectivity index (χ0v) is 9.57. The summed E-state index contributed by atoms with van der Waals surface area (Å²) in [5, 5.41) is 0. The van der Waals surface area contributed by atoms with Gasteiger partial charge < -0.3 is 0 Å². The van der Waals surface area contributed by atoms with Gasteiger partial charge in [0.25, 0.3) is 15.5 Å². The lowest BCUT2D eigenvalue weighted by Crippen LogP contribution is -2.01. The van der Waals surface area contributed by atoms with Crippen LogP contribution in [-0.2, 0) is 9.05 Å². The third-order valence-electron chi connectivity index (χ3n) is 1.32. The maximum Gasteiger partial charge on any atom is 0.281 e. The first-order valence-electron chi connectivity index (χ1n) is 3.21. The van der Waals surface area contributed by atoms with Gasteiger partial charge in [0.2, 0.25) is 0 Å². The highest BCUT2D eigenvalue weighted by atomic mass is 79.9. The molecule has 0 bridgehead atoms. The molecule has 0 amide bonds. The summed E-state index contributed by atoms with van der Waals surface area (Å²) in [5.74, 6) is 0. The van der Waals surface area contributed by atoms with Crippen molar-refractivity contribution in [2.75, 3.05) is 0 Å². The van der Waals surface area contributed by atoms with Gasteiger partial charge in [0, 0.05) is 10.7 Å². The van der Waals surface area contributed by atoms with E-state index in [9.17, 15) is 17.2 Å². The number of pyridine rings is 1. The van der Waals surface area contributed by atoms with Crippen LogP contribution in [0.1, 0.15) is 12.1 Å². The molecule has 1 aromatic heterocycles. The highest BCUT2D eigenvalue weighted by molar-refractivity contribution is 9.10. The molecule has 0 atom stereocenters. The minimum absolute atomic E-state index is 0.122. The monoisotopic (exact) mass is 305 g/mol. The van der Waals surface area contributed by atoms with Crippen molar-refractivity contribution in [2.45, 2.75) is 11.3 Å². The van der Waals surface area contributed by atoms with Gasteiger partial charge in [0.05, 0.1) is 0 Å². The van der Waals surface area contributed by atoms with Crippen molar-refractivity contribution in [3.8, 4) is 0 Å². The van der Waals surface area contributed by atoms with Crippen LogP contribution in [0.25, 0.3) is 0 Å². The van der Waals surface area contributed by atoms with Gasteiger partial charge in [0.15, 0.2) is 0 Å². The molecule has 0 N–H and O–H groups in total. The standard InChI is InChI=1S/C6H3BrClF2NO2S/c7-4-2-1-3(14(8,12)13)5(11-4)6(9)10/h1-2,6H. The summed E-state index contributed by atoms with van der Waals surface area (Å²) in [6.07, 6.45) is -2.99. The molecule has 0 saturated carbocycles. The molecule has 14 heavy (non-hydrogen) atoms. The maximum atomic E-state index is 12.3. The Labute approximate surface area is 91.6 Å². The zero-order valence-electron chi connectivity index (χ0n) is 6.42. The lowest BCUT2D eigenvalue weighted by atomic mass is 10.4. The van der Waals surface area contributed by atoms with Crippen LogP contribution in [-0.4, -0.2) is 13.4 Å². The van der Waals surface area contributed by atoms with Crippen LogP contribution < -0.4 is 0 Å². The topological polar surface area (TPSA) is 47.0 Å². The van der Waals surface area contributed by atoms with Crippen molar-refractivity contribution in [2.24, 2.45) is 0 Å². The van der Waals surface area contributed by atoms with Crippen LogP contribution in [0.5, 0.6) is 0 Å². The predicted molar refractivity (Wildman–Crippen MR) is 49.9 cm³/mol. The molecule has 0 aliphatic rings. The highest BCUT2D eigenvalue weighted by Crippen LogP contribution is 2.28. The third-order valence-corrected chi connectivity index (χ3v) is 3.13. The quantitative estimate of drug-likeness (QED) is 0.623. The molecular formula is C6H3BrClF2NO2S. The van der Waals surface area contributed by atoms with Crippen molar-refractivity contribution >= 4 is 35.7 Å². The van der Waals surface area contributed by atoms with Gasteiger partial charge in [-0.25, -0.2) is 22.2 Å². The average Bonchev–Trinajstić information content (AvgIpc) is 2.01. The zero-order chi connectivity index (χ0) is 10.9. The Morgan fingerprint density at radius 1 is 1.43 bits per heavy atom. The van der Waals surface area contributed by atoms with Crippen LogP contribution in [0.3, 0.4) is 0 Å². The molecular weight excluding hydrogens is 303 g/mol. The fourth-order valence-corrected chi connectivity index (χ4v) is 2.13. The largest absolute Gasteiger partial charge is 0.281 e. The van der Waals surface area contributed by atoms with Gasteiger partial charge in [-0.1, -0.05) is 0 Å². The Kier molecular flexibility index (Phi) is 3.44. The van der Waals surface area contributed by atoms with E-state index in [2.05, 4.69) is 20.9 Å². The van der Waals surface area contributed by atoms with Crippen molar-refractivity contribution < 1.29 is 17.2 Å². The number of rotatable bonds is 2. The molecule has 78 valence electrons. The van der Waals surface area contributed by atoms with Crippen molar-refractivity contribution in [3.63, 3.8) is 0 Å². The van der Waals surface area contributed by atoms with E-state index in [-0.39, 0.29) is 4.60 Å². The third kappa shape index (κ3) is 2.61. The number of alkyl halides is 2. The first-order valence-corrected chi connectivity index (χ1v) is 6.32. The smallest absolute Gasteiger partial charge is 0.239 e. The first kappa shape index (κ1) is 11.8. The number of nitrogens with zero attached hydrogens (tertiary/aromatic N) is 1. The summed E-state index contributed by atoms with van der Waals surface area (Å²) >= 11 is 2.85. The van der Waals surface area contributed by atoms with Crippen LogP contribution in [0.4, 0.5) is 8.78 Å². The molecule has 0 aliphatic heterocycles. The molecule has 0 aliphatic carbocycles. The number of aromatic nitrogens is 1. The molecule has 1 heterocycles. The summed E-state index contributed by atoms with van der Waals surface area (Å²) in [6.45, 7) is 0. The minimum Gasteiger partial charge on any atom is -0.239 e. The minimum atomic E-state index is -4.19. The molecule has 1 aromatic rings. The normalized spacial score (nSPS) is 12.1. The highest BCUT2D eigenvalue weighted by Gasteiger charge is 2.23. The number of hydrogen-bond donors (Lipinski definition) is 0. The van der Waals surface area contributed by atoms with E-state index in [0.29, 0.717) is 0 Å². The Morgan fingerprint density at radius 3 is 2.43 bits per heavy atom. The Morgan fingerprint density at radius 2 is 2.00 bits per heavy atom. The van der Waals surface area contributed by atoms with Gasteiger partial charge in [0.1, 0.15) is 15.2 Å². The SMILES string of the molecule is O=S(=O)(Cl)c1ccc(Br)nc1C(F)F. The van der Waals surface area contributed by atoms with Gasteiger partial charge in [-0.2, -0.15) is 0 Å². The van der Waals surface area contributed by atoms with E-state index in [4.69, 9.17) is 10.7 Å². The van der Waals surface area contributed by atoms with E-state index >= 15 is 0 Å². The molecule has 0 radical (unpaired) electrons. The summed E-state index contributed by atoms with van der Waals surface area (Å²) in [4.78, 5) is 2.67. The van der Waals surface area contributed by atoms with Crippen LogP contribution in [0.2, 0.25) is 0 Å². The lowest BCUT2D eigenvalue weighted by molar-refractivity contribution is 0.142. The summed E-state index contributed by atoms with van der Waals surface area (Å²) in [6, 6.07) is 2.20. The van der Waals surface area contributed by atoms with Crippen molar-refractivity contribution in [3.05, 3.63) is 22.4 Å². The van der Waals surface area contributed by atoms with E-state index in [1.165, 1.54) is 6.07 Å². The number of hydrogen-bond acceptors (Lipinski definition) is 3. The van der Waals surface area contributed by atoms with E-state index in [1.54, 1.807) is 0 Å². The summed E-state index contributed by atoms with van der Waals surface area (Å²) in [5.41, 5.74) is -0.852. The second-order valence-electron chi connectivity index (χ2n) is 2.26. The predicted octanol–water partition coefficient (Wildman–Crippen LogP) is 2.71. The maximum absolute atomic E-state index is 12.3. The fraction of sp³-hybridized carbons (Fsp3) is 0.167. The second kappa shape index (κ2) is 4.08. The second-order valence-corrected chi connectivity index (χ2v) is 5.60. The lowest BCUT2D eigenvalue weighted by Gasteiger charge is -2.04. The van der Waals surface area contributed by atoms with E-state index < -0.39 is 26.1 Å². The molecule has 0 saturated heterocycles. The molecule has 1 rings (SSSR count). The Bertz CT molecular complexity index is 451. The van der Waals surface area contributed by atoms with Gasteiger partial charge >= 0.3 is 0 Å². The van der Waals surface area contributed by atoms with E-state index in [0.717, 1.165) is 6.07 Å².